The lowest BCUT2D eigenvalue weighted by Gasteiger charge is -2.10. The Labute approximate surface area is 124 Å². The van der Waals surface area contributed by atoms with Crippen LogP contribution >= 0.6 is 0 Å². The van der Waals surface area contributed by atoms with Gasteiger partial charge in [-0.05, 0) is 25.0 Å². The van der Waals surface area contributed by atoms with Gasteiger partial charge in [0.05, 0.1) is 6.10 Å². The third-order valence-corrected chi connectivity index (χ3v) is 3.90. The topological polar surface area (TPSA) is 33.1 Å². The van der Waals surface area contributed by atoms with Gasteiger partial charge in [-0.3, -0.25) is 4.98 Å². The third-order valence-electron chi connectivity index (χ3n) is 3.90. The van der Waals surface area contributed by atoms with Crippen LogP contribution < -0.4 is 0 Å². The largest absolute Gasteiger partial charge is 0.388 e. The average Bonchev–Trinajstić information content (AvgIpc) is 2.46. The van der Waals surface area contributed by atoms with Crippen LogP contribution in [-0.4, -0.2) is 10.1 Å². The van der Waals surface area contributed by atoms with Crippen LogP contribution in [0.15, 0.2) is 18.3 Å². The molecule has 1 heterocycles. The highest BCUT2D eigenvalue weighted by atomic mass is 16.3. The second kappa shape index (κ2) is 10.8. The van der Waals surface area contributed by atoms with E-state index in [1.54, 1.807) is 6.20 Å². The summed E-state index contributed by atoms with van der Waals surface area (Å²) in [5, 5.41) is 10.1. The highest BCUT2D eigenvalue weighted by molar-refractivity contribution is 5.15. The van der Waals surface area contributed by atoms with Crippen molar-refractivity contribution in [2.45, 2.75) is 84.2 Å². The average molecular weight is 277 g/mol. The van der Waals surface area contributed by atoms with E-state index >= 15 is 0 Å². The fraction of sp³-hybridized carbons (Fsp3) is 0.722. The molecule has 0 aliphatic rings. The van der Waals surface area contributed by atoms with Crippen LogP contribution in [0.1, 0.15) is 88.5 Å². The molecule has 0 aliphatic carbocycles. The second-order valence-corrected chi connectivity index (χ2v) is 5.87. The molecule has 1 aromatic heterocycles. The van der Waals surface area contributed by atoms with E-state index in [1.807, 2.05) is 19.1 Å². The van der Waals surface area contributed by atoms with Crippen LogP contribution in [0, 0.1) is 6.92 Å². The molecule has 0 aliphatic heterocycles. The van der Waals surface area contributed by atoms with E-state index in [0.717, 1.165) is 24.1 Å². The molecular formula is C18H31NO. The number of aliphatic hydroxyl groups is 1. The van der Waals surface area contributed by atoms with Crippen LogP contribution in [0.4, 0.5) is 0 Å². The van der Waals surface area contributed by atoms with Gasteiger partial charge in [0.25, 0.3) is 0 Å². The van der Waals surface area contributed by atoms with Crippen LogP contribution in [0.2, 0.25) is 0 Å². The Morgan fingerprint density at radius 2 is 1.55 bits per heavy atom. The van der Waals surface area contributed by atoms with Crippen molar-refractivity contribution in [3.8, 4) is 0 Å². The number of hydrogen-bond donors (Lipinski definition) is 1. The van der Waals surface area contributed by atoms with Crippen molar-refractivity contribution in [3.05, 3.63) is 29.6 Å². The zero-order chi connectivity index (χ0) is 14.6. The first-order chi connectivity index (χ1) is 9.74. The maximum absolute atomic E-state index is 10.1. The van der Waals surface area contributed by atoms with Crippen molar-refractivity contribution in [1.82, 2.24) is 4.98 Å². The SMILES string of the molecule is CCCCCCCCCCCC(O)c1ccc(C)nc1. The van der Waals surface area contributed by atoms with Gasteiger partial charge >= 0.3 is 0 Å². The summed E-state index contributed by atoms with van der Waals surface area (Å²) in [6, 6.07) is 3.95. The van der Waals surface area contributed by atoms with Gasteiger partial charge < -0.3 is 5.11 Å². The predicted molar refractivity (Wildman–Crippen MR) is 85.8 cm³/mol. The Morgan fingerprint density at radius 1 is 0.950 bits per heavy atom. The summed E-state index contributed by atoms with van der Waals surface area (Å²) in [6.45, 7) is 4.23. The van der Waals surface area contributed by atoms with Crippen LogP contribution in [0.3, 0.4) is 0 Å². The molecule has 0 amide bonds. The summed E-state index contributed by atoms with van der Waals surface area (Å²) in [7, 11) is 0. The molecule has 0 radical (unpaired) electrons. The van der Waals surface area contributed by atoms with Crippen LogP contribution in [0.25, 0.3) is 0 Å². The highest BCUT2D eigenvalue weighted by Gasteiger charge is 2.06. The number of aromatic nitrogens is 1. The van der Waals surface area contributed by atoms with Crippen LogP contribution in [-0.2, 0) is 0 Å². The normalized spacial score (nSPS) is 12.6. The van der Waals surface area contributed by atoms with Crippen molar-refractivity contribution in [2.24, 2.45) is 0 Å². The molecule has 2 nitrogen and oxygen atoms in total. The van der Waals surface area contributed by atoms with E-state index in [9.17, 15) is 5.11 Å². The summed E-state index contributed by atoms with van der Waals surface area (Å²) < 4.78 is 0. The molecule has 0 saturated heterocycles. The van der Waals surface area contributed by atoms with Crippen molar-refractivity contribution >= 4 is 0 Å². The first kappa shape index (κ1) is 17.2. The molecule has 0 aromatic carbocycles. The summed E-state index contributed by atoms with van der Waals surface area (Å²) in [5.41, 5.74) is 1.96. The maximum Gasteiger partial charge on any atom is 0.0804 e. The van der Waals surface area contributed by atoms with E-state index in [4.69, 9.17) is 0 Å². The quantitative estimate of drug-likeness (QED) is 0.553. The summed E-state index contributed by atoms with van der Waals surface area (Å²) in [4.78, 5) is 4.23. The molecule has 114 valence electrons. The number of aliphatic hydroxyl groups excluding tert-OH is 1. The number of rotatable bonds is 11. The molecule has 1 N–H and O–H groups in total. The van der Waals surface area contributed by atoms with E-state index in [0.29, 0.717) is 0 Å². The molecule has 1 unspecified atom stereocenters. The number of hydrogen-bond acceptors (Lipinski definition) is 2. The van der Waals surface area contributed by atoms with Gasteiger partial charge in [-0.1, -0.05) is 70.8 Å². The molecular weight excluding hydrogens is 246 g/mol. The molecule has 0 bridgehead atoms. The zero-order valence-electron chi connectivity index (χ0n) is 13.3. The number of unbranched alkanes of at least 4 members (excludes halogenated alkanes) is 8. The number of nitrogens with zero attached hydrogens (tertiary/aromatic N) is 1. The number of aryl methyl sites for hydroxylation is 1. The van der Waals surface area contributed by atoms with Gasteiger partial charge in [0.15, 0.2) is 0 Å². The van der Waals surface area contributed by atoms with E-state index in [-0.39, 0.29) is 6.10 Å². The van der Waals surface area contributed by atoms with Crippen molar-refractivity contribution in [2.75, 3.05) is 0 Å². The Morgan fingerprint density at radius 3 is 2.10 bits per heavy atom. The Bertz CT molecular complexity index is 334. The first-order valence-corrected chi connectivity index (χ1v) is 8.34. The summed E-state index contributed by atoms with van der Waals surface area (Å²) in [5.74, 6) is 0. The fourth-order valence-electron chi connectivity index (χ4n) is 2.49. The summed E-state index contributed by atoms with van der Waals surface area (Å²) in [6.07, 6.45) is 14.2. The molecule has 2 heteroatoms. The summed E-state index contributed by atoms with van der Waals surface area (Å²) >= 11 is 0. The standard InChI is InChI=1S/C18H31NO/c1-3-4-5-6-7-8-9-10-11-12-18(20)17-14-13-16(2)19-15-17/h13-15,18,20H,3-12H2,1-2H3. The second-order valence-electron chi connectivity index (χ2n) is 5.87. The van der Waals surface area contributed by atoms with Gasteiger partial charge in [0, 0.05) is 11.9 Å². The molecule has 20 heavy (non-hydrogen) atoms. The zero-order valence-corrected chi connectivity index (χ0v) is 13.3. The van der Waals surface area contributed by atoms with Gasteiger partial charge in [0.2, 0.25) is 0 Å². The Kier molecular flexibility index (Phi) is 9.31. The minimum Gasteiger partial charge on any atom is -0.388 e. The monoisotopic (exact) mass is 277 g/mol. The molecule has 0 fully saturated rings. The van der Waals surface area contributed by atoms with E-state index in [1.165, 1.54) is 51.4 Å². The number of pyridine rings is 1. The lowest BCUT2D eigenvalue weighted by Crippen LogP contribution is -1.98. The van der Waals surface area contributed by atoms with E-state index < -0.39 is 0 Å². The van der Waals surface area contributed by atoms with Crippen molar-refractivity contribution < 1.29 is 5.11 Å². The van der Waals surface area contributed by atoms with Gasteiger partial charge in [-0.2, -0.15) is 0 Å². The predicted octanol–water partition coefficient (Wildman–Crippen LogP) is 5.34. The minimum absolute atomic E-state index is 0.340. The molecule has 1 rings (SSSR count). The Balaban J connectivity index is 1.99. The molecule has 1 atom stereocenters. The molecule has 1 aromatic rings. The Hall–Kier alpha value is -0.890. The van der Waals surface area contributed by atoms with Gasteiger partial charge in [-0.25, -0.2) is 0 Å². The van der Waals surface area contributed by atoms with Crippen molar-refractivity contribution in [1.29, 1.82) is 0 Å². The smallest absolute Gasteiger partial charge is 0.0804 e. The molecule has 0 saturated carbocycles. The fourth-order valence-corrected chi connectivity index (χ4v) is 2.49. The molecule has 0 spiro atoms. The van der Waals surface area contributed by atoms with Gasteiger partial charge in [-0.15, -0.1) is 0 Å². The van der Waals surface area contributed by atoms with Crippen LogP contribution in [0.5, 0.6) is 0 Å². The lowest BCUT2D eigenvalue weighted by molar-refractivity contribution is 0.163. The highest BCUT2D eigenvalue weighted by Crippen LogP contribution is 2.19. The third kappa shape index (κ3) is 7.64. The lowest BCUT2D eigenvalue weighted by atomic mass is 10.0. The van der Waals surface area contributed by atoms with E-state index in [2.05, 4.69) is 11.9 Å². The van der Waals surface area contributed by atoms with Gasteiger partial charge in [0.1, 0.15) is 0 Å². The van der Waals surface area contributed by atoms with Crippen molar-refractivity contribution in [3.63, 3.8) is 0 Å². The minimum atomic E-state index is -0.340. The maximum atomic E-state index is 10.1. The first-order valence-electron chi connectivity index (χ1n) is 8.34.